The molecule has 2 amide bonds. The van der Waals surface area contributed by atoms with E-state index in [0.29, 0.717) is 23.0 Å². The van der Waals surface area contributed by atoms with Crippen LogP contribution >= 0.6 is 22.9 Å². The predicted octanol–water partition coefficient (Wildman–Crippen LogP) is 4.03. The Morgan fingerprint density at radius 2 is 1.87 bits per heavy atom. The maximum Gasteiger partial charge on any atom is 0.303 e. The molecule has 208 valence electrons. The molecule has 1 N–H and O–H groups in total. The smallest absolute Gasteiger partial charge is 0.303 e. The number of benzene rings is 2. The minimum Gasteiger partial charge on any atom is -0.497 e. The van der Waals surface area contributed by atoms with Gasteiger partial charge in [-0.1, -0.05) is 35.9 Å². The number of carbonyl (C=O) groups is 2. The molecule has 0 saturated heterocycles. The van der Waals surface area contributed by atoms with Crippen molar-refractivity contribution < 1.29 is 22.7 Å². The van der Waals surface area contributed by atoms with Crippen molar-refractivity contribution in [3.05, 3.63) is 80.8 Å². The van der Waals surface area contributed by atoms with Crippen molar-refractivity contribution >= 4 is 45.0 Å². The fourth-order valence-corrected chi connectivity index (χ4v) is 5.82. The van der Waals surface area contributed by atoms with Crippen LogP contribution in [0.5, 0.6) is 5.75 Å². The van der Waals surface area contributed by atoms with Crippen LogP contribution in [0.3, 0.4) is 0 Å². The lowest BCUT2D eigenvalue weighted by Gasteiger charge is -2.27. The molecule has 4 rings (SSSR count). The molecule has 0 unspecified atom stereocenters. The molecule has 1 heterocycles. The monoisotopic (exact) mass is 590 g/mol. The second kappa shape index (κ2) is 12.0. The van der Waals surface area contributed by atoms with E-state index in [4.69, 9.17) is 16.3 Å². The summed E-state index contributed by atoms with van der Waals surface area (Å²) in [6.07, 6.45) is 2.95. The van der Waals surface area contributed by atoms with E-state index in [0.717, 1.165) is 40.4 Å². The molecule has 3 aromatic rings. The molecule has 1 saturated carbocycles. The maximum absolute atomic E-state index is 14.0. The lowest BCUT2D eigenvalue weighted by Crippen LogP contribution is -2.40. The summed E-state index contributed by atoms with van der Waals surface area (Å²) in [5.74, 6) is -0.0812. The summed E-state index contributed by atoms with van der Waals surface area (Å²) in [6.45, 7) is 0.698. The molecule has 0 spiro atoms. The van der Waals surface area contributed by atoms with Crippen molar-refractivity contribution in [2.24, 2.45) is 0 Å². The van der Waals surface area contributed by atoms with Crippen molar-refractivity contribution in [2.45, 2.75) is 37.6 Å². The van der Waals surface area contributed by atoms with Crippen molar-refractivity contribution in [1.29, 1.82) is 0 Å². The van der Waals surface area contributed by atoms with E-state index in [2.05, 4.69) is 4.98 Å². The van der Waals surface area contributed by atoms with Crippen molar-refractivity contribution in [1.82, 2.24) is 18.9 Å². The normalized spacial score (nSPS) is 14.2. The number of hydrogen-bond donors (Lipinski definition) is 1. The molecule has 0 atom stereocenters. The fourth-order valence-electron chi connectivity index (χ4n) is 4.29. The zero-order valence-corrected chi connectivity index (χ0v) is 24.4. The number of methoxy groups -OCH3 is 1. The Hall–Kier alpha value is -2.99. The van der Waals surface area contributed by atoms with Crippen LogP contribution in [0.25, 0.3) is 0 Å². The first-order chi connectivity index (χ1) is 18.5. The SMILES string of the molecule is COc1ccc(C2(C(=O)N(CCCc3cccc(Cl)c3)Cc3nc(C(=O)NS(=O)(=O)N(C)C)cs3)CC2)cc1. The van der Waals surface area contributed by atoms with Gasteiger partial charge in [-0.2, -0.15) is 12.7 Å². The third kappa shape index (κ3) is 6.96. The number of carbonyl (C=O) groups excluding carboxylic acids is 2. The first-order valence-electron chi connectivity index (χ1n) is 12.4. The number of nitrogens with one attached hydrogen (secondary N) is 1. The van der Waals surface area contributed by atoms with Gasteiger partial charge in [0.05, 0.1) is 19.1 Å². The molecule has 1 fully saturated rings. The molecule has 0 aliphatic heterocycles. The van der Waals surface area contributed by atoms with Gasteiger partial charge >= 0.3 is 10.2 Å². The van der Waals surface area contributed by atoms with Gasteiger partial charge in [0.2, 0.25) is 5.91 Å². The van der Waals surface area contributed by atoms with Gasteiger partial charge in [-0.25, -0.2) is 9.71 Å². The van der Waals surface area contributed by atoms with Crippen molar-refractivity contribution in [2.75, 3.05) is 27.7 Å². The Morgan fingerprint density at radius 3 is 2.49 bits per heavy atom. The van der Waals surface area contributed by atoms with Crippen LogP contribution in [0.15, 0.2) is 53.9 Å². The second-order valence-electron chi connectivity index (χ2n) is 9.62. The molecule has 0 bridgehead atoms. The van der Waals surface area contributed by atoms with Gasteiger partial charge in [0.1, 0.15) is 16.5 Å². The highest BCUT2D eigenvalue weighted by Gasteiger charge is 2.53. The highest BCUT2D eigenvalue weighted by Crippen LogP contribution is 2.50. The number of amides is 2. The quantitative estimate of drug-likeness (QED) is 0.341. The molecule has 9 nitrogen and oxygen atoms in total. The molecule has 12 heteroatoms. The average molecular weight is 591 g/mol. The van der Waals surface area contributed by atoms with Gasteiger partial charge in [0.25, 0.3) is 5.91 Å². The van der Waals surface area contributed by atoms with Crippen LogP contribution in [0, 0.1) is 0 Å². The number of rotatable bonds is 12. The molecule has 39 heavy (non-hydrogen) atoms. The van der Waals surface area contributed by atoms with Crippen LogP contribution in [0.2, 0.25) is 5.02 Å². The maximum atomic E-state index is 14.0. The minimum atomic E-state index is -3.95. The van der Waals surface area contributed by atoms with Gasteiger partial charge in [-0.05, 0) is 61.1 Å². The summed E-state index contributed by atoms with van der Waals surface area (Å²) in [4.78, 5) is 32.6. The Bertz CT molecular complexity index is 1440. The Morgan fingerprint density at radius 1 is 1.15 bits per heavy atom. The van der Waals surface area contributed by atoms with Crippen LogP contribution in [0.1, 0.15) is 45.9 Å². The standard InChI is InChI=1S/C27H31ClN4O5S2/c1-31(2)39(35,36)30-25(33)23-18-38-24(29-23)17-32(15-5-7-19-6-4-8-21(28)16-19)26(34)27(13-14-27)20-9-11-22(37-3)12-10-20/h4,6,8-12,16,18H,5,7,13-15,17H2,1-3H3,(H,30,33). The Balaban J connectivity index is 1.52. The summed E-state index contributed by atoms with van der Waals surface area (Å²) in [6, 6.07) is 15.2. The molecule has 1 aliphatic rings. The number of aromatic nitrogens is 1. The van der Waals surface area contributed by atoms with Gasteiger partial charge < -0.3 is 9.64 Å². The van der Waals surface area contributed by atoms with Gasteiger partial charge in [0, 0.05) is 31.0 Å². The topological polar surface area (TPSA) is 109 Å². The summed E-state index contributed by atoms with van der Waals surface area (Å²) in [7, 11) is 0.309. The van der Waals surface area contributed by atoms with Crippen molar-refractivity contribution in [3.63, 3.8) is 0 Å². The zero-order valence-electron chi connectivity index (χ0n) is 22.0. The molecule has 1 aliphatic carbocycles. The Kier molecular flexibility index (Phi) is 8.95. The second-order valence-corrected chi connectivity index (χ2v) is 12.9. The minimum absolute atomic E-state index is 0.00940. The van der Waals surface area contributed by atoms with Crippen LogP contribution in [-0.2, 0) is 33.4 Å². The average Bonchev–Trinajstić information content (AvgIpc) is 3.58. The van der Waals surface area contributed by atoms with E-state index in [1.165, 1.54) is 30.8 Å². The Labute approximate surface area is 237 Å². The van der Waals surface area contributed by atoms with E-state index < -0.39 is 21.5 Å². The van der Waals surface area contributed by atoms with Crippen LogP contribution < -0.4 is 9.46 Å². The van der Waals surface area contributed by atoms with Gasteiger partial charge in [-0.3, -0.25) is 9.59 Å². The van der Waals surface area contributed by atoms with Crippen LogP contribution in [-0.4, -0.2) is 62.2 Å². The summed E-state index contributed by atoms with van der Waals surface area (Å²) in [5, 5.41) is 2.71. The highest BCUT2D eigenvalue weighted by atomic mass is 35.5. The number of aryl methyl sites for hydroxylation is 1. The fraction of sp³-hybridized carbons (Fsp3) is 0.370. The lowest BCUT2D eigenvalue weighted by atomic mass is 9.94. The summed E-state index contributed by atoms with van der Waals surface area (Å²) in [5.41, 5.74) is 1.42. The third-order valence-corrected chi connectivity index (χ3v) is 9.16. The first-order valence-corrected chi connectivity index (χ1v) is 15.1. The number of hydrogen-bond acceptors (Lipinski definition) is 7. The predicted molar refractivity (Wildman–Crippen MR) is 151 cm³/mol. The molecular weight excluding hydrogens is 560 g/mol. The molecule has 2 aromatic carbocycles. The van der Waals surface area contributed by atoms with E-state index in [1.807, 2.05) is 53.3 Å². The number of thiazole rings is 1. The van der Waals surface area contributed by atoms with Gasteiger partial charge in [-0.15, -0.1) is 11.3 Å². The lowest BCUT2D eigenvalue weighted by molar-refractivity contribution is -0.134. The van der Waals surface area contributed by atoms with Gasteiger partial charge in [0.15, 0.2) is 0 Å². The summed E-state index contributed by atoms with van der Waals surface area (Å²) >= 11 is 7.35. The molecule has 0 radical (unpaired) electrons. The van der Waals surface area contributed by atoms with Crippen molar-refractivity contribution in [3.8, 4) is 5.75 Å². The van der Waals surface area contributed by atoms with E-state index in [1.54, 1.807) is 12.0 Å². The number of nitrogens with zero attached hydrogens (tertiary/aromatic N) is 3. The first kappa shape index (κ1) is 29.0. The van der Waals surface area contributed by atoms with E-state index in [9.17, 15) is 18.0 Å². The molecular formula is C27H31ClN4O5S2. The van der Waals surface area contributed by atoms with E-state index in [-0.39, 0.29) is 18.1 Å². The van der Waals surface area contributed by atoms with E-state index >= 15 is 0 Å². The number of halogens is 1. The third-order valence-electron chi connectivity index (χ3n) is 6.68. The number of ether oxygens (including phenoxy) is 1. The summed E-state index contributed by atoms with van der Waals surface area (Å²) < 4.78 is 32.2. The highest BCUT2D eigenvalue weighted by molar-refractivity contribution is 7.87. The molecule has 1 aromatic heterocycles. The van der Waals surface area contributed by atoms with Crippen LogP contribution in [0.4, 0.5) is 0 Å². The zero-order chi connectivity index (χ0) is 28.2. The largest absolute Gasteiger partial charge is 0.497 e.